The van der Waals surface area contributed by atoms with Crippen LogP contribution in [-0.2, 0) is 4.79 Å². The molecule has 0 radical (unpaired) electrons. The first kappa shape index (κ1) is 15.4. The highest BCUT2D eigenvalue weighted by molar-refractivity contribution is 6.54. The zero-order valence-electron chi connectivity index (χ0n) is 13.1. The largest absolute Gasteiger partial charge is 0.457 e. The van der Waals surface area contributed by atoms with Crippen molar-refractivity contribution >= 4 is 34.6 Å². The number of hydrogen-bond donors (Lipinski definition) is 1. The molecule has 0 aromatic heterocycles. The fourth-order valence-electron chi connectivity index (χ4n) is 2.57. The van der Waals surface area contributed by atoms with Gasteiger partial charge < -0.3 is 10.1 Å². The standard InChI is InChI=1S/C20H13ClN2O2/c21-13-5-9-15(10-6-13)25-16-11-7-14(8-12-16)22-19-17-3-1-2-4-18(17)23-20(19)24/h1-12H,(H,22,23,24). The van der Waals surface area contributed by atoms with Gasteiger partial charge in [0.25, 0.3) is 5.91 Å². The first-order chi connectivity index (χ1) is 12.2. The van der Waals surface area contributed by atoms with Crippen molar-refractivity contribution in [3.63, 3.8) is 0 Å². The molecule has 4 nitrogen and oxygen atoms in total. The number of nitrogens with one attached hydrogen (secondary N) is 1. The summed E-state index contributed by atoms with van der Waals surface area (Å²) in [6, 6.07) is 21.9. The van der Waals surface area contributed by atoms with Crippen LogP contribution >= 0.6 is 11.6 Å². The van der Waals surface area contributed by atoms with E-state index < -0.39 is 0 Å². The van der Waals surface area contributed by atoms with E-state index in [0.717, 1.165) is 11.3 Å². The minimum atomic E-state index is -0.192. The molecule has 0 saturated carbocycles. The van der Waals surface area contributed by atoms with E-state index in [0.29, 0.717) is 27.9 Å². The van der Waals surface area contributed by atoms with Gasteiger partial charge in [-0.3, -0.25) is 4.79 Å². The van der Waals surface area contributed by atoms with Crippen LogP contribution in [0.3, 0.4) is 0 Å². The molecule has 4 rings (SSSR count). The Kier molecular flexibility index (Phi) is 3.96. The van der Waals surface area contributed by atoms with E-state index in [1.165, 1.54) is 0 Å². The van der Waals surface area contributed by atoms with Crippen LogP contribution in [0, 0.1) is 0 Å². The first-order valence-electron chi connectivity index (χ1n) is 7.72. The third-order valence-corrected chi connectivity index (χ3v) is 4.02. The van der Waals surface area contributed by atoms with Gasteiger partial charge in [-0.05, 0) is 54.6 Å². The lowest BCUT2D eigenvalue weighted by molar-refractivity contribution is -0.110. The van der Waals surface area contributed by atoms with Gasteiger partial charge in [0.15, 0.2) is 0 Å². The monoisotopic (exact) mass is 348 g/mol. The summed E-state index contributed by atoms with van der Waals surface area (Å²) in [6.07, 6.45) is 0. The van der Waals surface area contributed by atoms with Gasteiger partial charge in [-0.1, -0.05) is 29.8 Å². The SMILES string of the molecule is O=C1Nc2ccccc2C1=Nc1ccc(Oc2ccc(Cl)cc2)cc1. The van der Waals surface area contributed by atoms with E-state index in [-0.39, 0.29) is 5.91 Å². The van der Waals surface area contributed by atoms with Crippen molar-refractivity contribution < 1.29 is 9.53 Å². The molecule has 0 atom stereocenters. The average Bonchev–Trinajstić information content (AvgIpc) is 2.94. The minimum absolute atomic E-state index is 0.192. The summed E-state index contributed by atoms with van der Waals surface area (Å²) >= 11 is 5.86. The number of hydrogen-bond acceptors (Lipinski definition) is 3. The van der Waals surface area contributed by atoms with Crippen LogP contribution in [0.1, 0.15) is 5.56 Å². The predicted molar refractivity (Wildman–Crippen MR) is 99.2 cm³/mol. The highest BCUT2D eigenvalue weighted by atomic mass is 35.5. The van der Waals surface area contributed by atoms with Crippen molar-refractivity contribution in [3.8, 4) is 11.5 Å². The molecule has 0 fully saturated rings. The van der Waals surface area contributed by atoms with Crippen molar-refractivity contribution in [2.24, 2.45) is 4.99 Å². The van der Waals surface area contributed by atoms with Crippen LogP contribution < -0.4 is 10.1 Å². The summed E-state index contributed by atoms with van der Waals surface area (Å²) in [7, 11) is 0. The topological polar surface area (TPSA) is 50.7 Å². The molecule has 1 heterocycles. The van der Waals surface area contributed by atoms with Gasteiger partial charge in [-0.15, -0.1) is 0 Å². The van der Waals surface area contributed by atoms with Crippen molar-refractivity contribution in [1.29, 1.82) is 0 Å². The van der Waals surface area contributed by atoms with Crippen LogP contribution in [-0.4, -0.2) is 11.6 Å². The molecular weight excluding hydrogens is 336 g/mol. The Morgan fingerprint density at radius 2 is 1.48 bits per heavy atom. The summed E-state index contributed by atoms with van der Waals surface area (Å²) in [5.74, 6) is 1.19. The fourth-order valence-corrected chi connectivity index (χ4v) is 2.70. The number of nitrogens with zero attached hydrogens (tertiary/aromatic N) is 1. The highest BCUT2D eigenvalue weighted by Crippen LogP contribution is 2.28. The van der Waals surface area contributed by atoms with Gasteiger partial charge in [0.2, 0.25) is 0 Å². The summed E-state index contributed by atoms with van der Waals surface area (Å²) in [5, 5.41) is 3.47. The average molecular weight is 349 g/mol. The van der Waals surface area contributed by atoms with Crippen molar-refractivity contribution in [3.05, 3.63) is 83.4 Å². The molecule has 122 valence electrons. The summed E-state index contributed by atoms with van der Waals surface area (Å²) in [6.45, 7) is 0. The van der Waals surface area contributed by atoms with E-state index in [2.05, 4.69) is 10.3 Å². The molecule has 0 aliphatic carbocycles. The molecule has 1 aliphatic heterocycles. The summed E-state index contributed by atoms with van der Waals surface area (Å²) in [4.78, 5) is 16.6. The second-order valence-corrected chi connectivity index (χ2v) is 5.95. The maximum Gasteiger partial charge on any atom is 0.275 e. The summed E-state index contributed by atoms with van der Waals surface area (Å²) < 4.78 is 5.75. The normalized spacial score (nSPS) is 14.3. The smallest absolute Gasteiger partial charge is 0.275 e. The Hall–Kier alpha value is -3.11. The first-order valence-corrected chi connectivity index (χ1v) is 8.10. The number of carbonyl (C=O) groups is 1. The van der Waals surface area contributed by atoms with Gasteiger partial charge in [0, 0.05) is 10.6 Å². The van der Waals surface area contributed by atoms with Gasteiger partial charge in [-0.25, -0.2) is 4.99 Å². The van der Waals surface area contributed by atoms with Crippen molar-refractivity contribution in [1.82, 2.24) is 0 Å². The van der Waals surface area contributed by atoms with E-state index in [1.807, 2.05) is 48.5 Å². The minimum Gasteiger partial charge on any atom is -0.457 e. The maximum absolute atomic E-state index is 12.1. The fraction of sp³-hybridized carbons (Fsp3) is 0. The van der Waals surface area contributed by atoms with Gasteiger partial charge >= 0.3 is 0 Å². The zero-order chi connectivity index (χ0) is 17.2. The lowest BCUT2D eigenvalue weighted by atomic mass is 10.1. The molecule has 0 spiro atoms. The molecule has 3 aromatic carbocycles. The Balaban J connectivity index is 1.56. The molecule has 3 aromatic rings. The summed E-state index contributed by atoms with van der Waals surface area (Å²) in [5.41, 5.74) is 2.70. The Labute approximate surface area is 149 Å². The van der Waals surface area contributed by atoms with Crippen LogP contribution in [0.2, 0.25) is 5.02 Å². The van der Waals surface area contributed by atoms with E-state index >= 15 is 0 Å². The molecule has 5 heteroatoms. The third kappa shape index (κ3) is 3.25. The third-order valence-electron chi connectivity index (χ3n) is 3.77. The second kappa shape index (κ2) is 6.42. The van der Waals surface area contributed by atoms with Crippen molar-refractivity contribution in [2.75, 3.05) is 5.32 Å². The molecule has 0 unspecified atom stereocenters. The lowest BCUT2D eigenvalue weighted by Gasteiger charge is -2.06. The molecule has 1 aliphatic rings. The Morgan fingerprint density at radius 1 is 0.840 bits per heavy atom. The van der Waals surface area contributed by atoms with Gasteiger partial charge in [-0.2, -0.15) is 0 Å². The number of anilines is 1. The number of ether oxygens (including phenoxy) is 1. The van der Waals surface area contributed by atoms with Gasteiger partial charge in [0.05, 0.1) is 11.4 Å². The number of rotatable bonds is 3. The Bertz CT molecular complexity index is 964. The van der Waals surface area contributed by atoms with Gasteiger partial charge in [0.1, 0.15) is 17.2 Å². The molecule has 0 saturated heterocycles. The Morgan fingerprint density at radius 3 is 2.20 bits per heavy atom. The maximum atomic E-state index is 12.1. The number of aliphatic imine (C=N–C) groups is 1. The van der Waals surface area contributed by atoms with Crippen molar-refractivity contribution in [2.45, 2.75) is 0 Å². The number of fused-ring (bicyclic) bond motifs is 1. The number of amides is 1. The van der Waals surface area contributed by atoms with E-state index in [4.69, 9.17) is 16.3 Å². The van der Waals surface area contributed by atoms with E-state index in [9.17, 15) is 4.79 Å². The molecule has 1 amide bonds. The number of para-hydroxylation sites is 1. The molecule has 1 N–H and O–H groups in total. The van der Waals surface area contributed by atoms with Crippen LogP contribution in [0.15, 0.2) is 77.8 Å². The lowest BCUT2D eigenvalue weighted by Crippen LogP contribution is -2.13. The van der Waals surface area contributed by atoms with Crippen LogP contribution in [0.5, 0.6) is 11.5 Å². The zero-order valence-corrected chi connectivity index (χ0v) is 13.8. The quantitative estimate of drug-likeness (QED) is 0.706. The number of halogens is 1. The molecule has 25 heavy (non-hydrogen) atoms. The van der Waals surface area contributed by atoms with Crippen LogP contribution in [0.25, 0.3) is 0 Å². The van der Waals surface area contributed by atoms with E-state index in [1.54, 1.807) is 24.3 Å². The predicted octanol–water partition coefficient (Wildman–Crippen LogP) is 5.21. The number of benzene rings is 3. The second-order valence-electron chi connectivity index (χ2n) is 5.51. The molecular formula is C20H13ClN2O2. The number of carbonyl (C=O) groups excluding carboxylic acids is 1. The molecule has 0 bridgehead atoms. The van der Waals surface area contributed by atoms with Crippen LogP contribution in [0.4, 0.5) is 11.4 Å². The highest BCUT2D eigenvalue weighted by Gasteiger charge is 2.25.